The van der Waals surface area contributed by atoms with Crippen LogP contribution in [0.1, 0.15) is 0 Å². The monoisotopic (exact) mass is 248 g/mol. The van der Waals surface area contributed by atoms with Crippen LogP contribution < -0.4 is 0 Å². The van der Waals surface area contributed by atoms with E-state index in [1.165, 1.54) is 0 Å². The van der Waals surface area contributed by atoms with Crippen molar-refractivity contribution in [3.05, 3.63) is 34.5 Å². The van der Waals surface area contributed by atoms with Crippen molar-refractivity contribution in [2.75, 3.05) is 7.11 Å². The fourth-order valence-corrected chi connectivity index (χ4v) is 2.85. The Morgan fingerprint density at radius 1 is 1.31 bits per heavy atom. The van der Waals surface area contributed by atoms with E-state index in [2.05, 4.69) is 4.74 Å². The van der Waals surface area contributed by atoms with Gasteiger partial charge in [0.25, 0.3) is 0 Å². The molecule has 0 N–H and O–H groups in total. The molecule has 0 radical (unpaired) electrons. The average molecular weight is 248 g/mol. The van der Waals surface area contributed by atoms with Crippen molar-refractivity contribution in [1.82, 2.24) is 0 Å². The summed E-state index contributed by atoms with van der Waals surface area (Å²) < 4.78 is 44.6. The summed E-state index contributed by atoms with van der Waals surface area (Å²) in [5.41, 5.74) is 0. The summed E-state index contributed by atoms with van der Waals surface area (Å²) in [4.78, 5) is 10.8. The van der Waals surface area contributed by atoms with E-state index in [9.17, 15) is 18.0 Å². The molecule has 0 saturated carbocycles. The normalized spacial score (nSPS) is 28.5. The minimum Gasteiger partial charge on any atom is -0.465 e. The van der Waals surface area contributed by atoms with Gasteiger partial charge in [0.05, 0.1) is 18.3 Å². The van der Waals surface area contributed by atoms with Crippen LogP contribution in [0.3, 0.4) is 0 Å². The SMILES string of the molecule is COC(=O)C1=C(F)C2C(F)=CC=C(F)C2S1. The first-order valence-electron chi connectivity index (χ1n) is 4.43. The molecule has 2 nitrogen and oxygen atoms in total. The van der Waals surface area contributed by atoms with E-state index in [1.807, 2.05) is 0 Å². The number of fused-ring (bicyclic) bond motifs is 1. The number of thioether (sulfide) groups is 1. The second-order valence-electron chi connectivity index (χ2n) is 3.29. The molecule has 0 aromatic rings. The predicted octanol–water partition coefficient (Wildman–Crippen LogP) is 2.79. The van der Waals surface area contributed by atoms with Crippen LogP contribution in [0.25, 0.3) is 0 Å². The number of rotatable bonds is 1. The molecule has 2 unspecified atom stereocenters. The molecule has 2 rings (SSSR count). The van der Waals surface area contributed by atoms with E-state index in [-0.39, 0.29) is 4.91 Å². The third-order valence-corrected chi connectivity index (χ3v) is 3.73. The molecule has 2 atom stereocenters. The number of carbonyl (C=O) groups excluding carboxylic acids is 1. The minimum atomic E-state index is -1.33. The summed E-state index contributed by atoms with van der Waals surface area (Å²) in [5.74, 6) is -4.62. The maximum absolute atomic E-state index is 13.7. The molecule has 0 aromatic heterocycles. The van der Waals surface area contributed by atoms with E-state index >= 15 is 0 Å². The van der Waals surface area contributed by atoms with Gasteiger partial charge in [-0.1, -0.05) is 0 Å². The van der Waals surface area contributed by atoms with Gasteiger partial charge < -0.3 is 4.74 Å². The first-order valence-corrected chi connectivity index (χ1v) is 5.31. The van der Waals surface area contributed by atoms with Crippen LogP contribution in [0.5, 0.6) is 0 Å². The molecule has 1 aliphatic heterocycles. The van der Waals surface area contributed by atoms with Crippen LogP contribution in [0.15, 0.2) is 34.5 Å². The Hall–Kier alpha value is -1.17. The van der Waals surface area contributed by atoms with Crippen LogP contribution in [-0.2, 0) is 9.53 Å². The number of methoxy groups -OCH3 is 1. The lowest BCUT2D eigenvalue weighted by Crippen LogP contribution is -2.17. The molecule has 0 aromatic carbocycles. The van der Waals surface area contributed by atoms with Gasteiger partial charge in [0.2, 0.25) is 0 Å². The van der Waals surface area contributed by atoms with E-state index in [1.54, 1.807) is 0 Å². The van der Waals surface area contributed by atoms with Gasteiger partial charge in [-0.3, -0.25) is 0 Å². The smallest absolute Gasteiger partial charge is 0.347 e. The van der Waals surface area contributed by atoms with Crippen molar-refractivity contribution in [3.8, 4) is 0 Å². The van der Waals surface area contributed by atoms with Gasteiger partial charge in [0.15, 0.2) is 0 Å². The third kappa shape index (κ3) is 1.57. The largest absolute Gasteiger partial charge is 0.465 e. The summed E-state index contributed by atoms with van der Waals surface area (Å²) >= 11 is 0.653. The van der Waals surface area contributed by atoms with E-state index in [0.29, 0.717) is 11.8 Å². The van der Waals surface area contributed by atoms with Gasteiger partial charge in [0.1, 0.15) is 22.4 Å². The summed E-state index contributed by atoms with van der Waals surface area (Å²) in [5, 5.41) is -1.03. The van der Waals surface area contributed by atoms with Crippen LogP contribution in [0.4, 0.5) is 13.2 Å². The Morgan fingerprint density at radius 2 is 1.94 bits per heavy atom. The second-order valence-corrected chi connectivity index (χ2v) is 4.44. The number of ether oxygens (including phenoxy) is 1. The summed E-state index contributed by atoms with van der Waals surface area (Å²) in [6, 6.07) is 0. The fourth-order valence-electron chi connectivity index (χ4n) is 1.60. The van der Waals surface area contributed by atoms with Crippen LogP contribution in [-0.4, -0.2) is 18.3 Å². The molecule has 2 aliphatic rings. The quantitative estimate of drug-likeness (QED) is 0.667. The van der Waals surface area contributed by atoms with Crippen LogP contribution >= 0.6 is 11.8 Å². The topological polar surface area (TPSA) is 26.3 Å². The molecule has 0 saturated heterocycles. The number of halogens is 3. The maximum atomic E-state index is 13.7. The highest BCUT2D eigenvalue weighted by Gasteiger charge is 2.45. The number of esters is 1. The zero-order valence-corrected chi connectivity index (χ0v) is 8.98. The first kappa shape index (κ1) is 11.3. The van der Waals surface area contributed by atoms with Crippen molar-refractivity contribution >= 4 is 17.7 Å². The lowest BCUT2D eigenvalue weighted by atomic mass is 9.96. The fraction of sp³-hybridized carbons (Fsp3) is 0.300. The lowest BCUT2D eigenvalue weighted by Gasteiger charge is -2.18. The Balaban J connectivity index is 2.39. The Morgan fingerprint density at radius 3 is 2.50 bits per heavy atom. The second kappa shape index (κ2) is 4.01. The van der Waals surface area contributed by atoms with Crippen molar-refractivity contribution in [2.24, 2.45) is 5.92 Å². The molecule has 0 spiro atoms. The highest BCUT2D eigenvalue weighted by atomic mass is 32.2. The lowest BCUT2D eigenvalue weighted by molar-refractivity contribution is -0.135. The van der Waals surface area contributed by atoms with Crippen LogP contribution in [0.2, 0.25) is 0 Å². The zero-order chi connectivity index (χ0) is 11.9. The molecule has 1 aliphatic carbocycles. The molecule has 86 valence electrons. The number of hydrogen-bond acceptors (Lipinski definition) is 3. The molecule has 1 heterocycles. The molecule has 6 heteroatoms. The minimum absolute atomic E-state index is 0.355. The standard InChI is InChI=1S/C10H7F3O2S/c1-15-10(14)9-7(13)6-4(11)2-3-5(12)8(6)16-9/h2-3,6,8H,1H3. The Bertz CT molecular complexity index is 439. The van der Waals surface area contributed by atoms with Gasteiger partial charge in [0, 0.05) is 0 Å². The molecule has 0 fully saturated rings. The molecular formula is C10H7F3O2S. The summed E-state index contributed by atoms with van der Waals surface area (Å²) in [6.45, 7) is 0. The van der Waals surface area contributed by atoms with Gasteiger partial charge in [-0.2, -0.15) is 0 Å². The number of hydrogen-bond donors (Lipinski definition) is 0. The highest BCUT2D eigenvalue weighted by molar-refractivity contribution is 8.05. The van der Waals surface area contributed by atoms with Gasteiger partial charge in [-0.15, -0.1) is 11.8 Å². The molecular weight excluding hydrogens is 241 g/mol. The van der Waals surface area contributed by atoms with Crippen molar-refractivity contribution in [2.45, 2.75) is 5.25 Å². The maximum Gasteiger partial charge on any atom is 0.347 e. The molecule has 0 amide bonds. The van der Waals surface area contributed by atoms with Gasteiger partial charge in [-0.05, 0) is 12.2 Å². The van der Waals surface area contributed by atoms with E-state index < -0.39 is 34.6 Å². The van der Waals surface area contributed by atoms with Gasteiger partial charge >= 0.3 is 5.97 Å². The summed E-state index contributed by atoms with van der Waals surface area (Å²) in [7, 11) is 1.09. The third-order valence-electron chi connectivity index (χ3n) is 2.38. The van der Waals surface area contributed by atoms with E-state index in [4.69, 9.17) is 0 Å². The van der Waals surface area contributed by atoms with Crippen LogP contribution in [0, 0.1) is 5.92 Å². The summed E-state index contributed by atoms with van der Waals surface area (Å²) in [6.07, 6.45) is 1.81. The molecule has 0 bridgehead atoms. The Kier molecular flexibility index (Phi) is 2.84. The Labute approximate surface area is 93.8 Å². The average Bonchev–Trinajstić information content (AvgIpc) is 2.62. The number of allylic oxidation sites excluding steroid dienone is 4. The van der Waals surface area contributed by atoms with Crippen molar-refractivity contribution < 1.29 is 22.7 Å². The zero-order valence-electron chi connectivity index (χ0n) is 8.17. The van der Waals surface area contributed by atoms with Gasteiger partial charge in [-0.25, -0.2) is 18.0 Å². The highest BCUT2D eigenvalue weighted by Crippen LogP contribution is 2.51. The number of carbonyl (C=O) groups is 1. The van der Waals surface area contributed by atoms with Crippen molar-refractivity contribution in [3.63, 3.8) is 0 Å². The van der Waals surface area contributed by atoms with E-state index in [0.717, 1.165) is 19.3 Å². The molecule has 16 heavy (non-hydrogen) atoms. The first-order chi connectivity index (χ1) is 7.56. The predicted molar refractivity (Wildman–Crippen MR) is 53.4 cm³/mol. The van der Waals surface area contributed by atoms with Crippen molar-refractivity contribution in [1.29, 1.82) is 0 Å².